The van der Waals surface area contributed by atoms with Crippen molar-refractivity contribution >= 4 is 74.2 Å². The number of halogens is 2. The van der Waals surface area contributed by atoms with Crippen LogP contribution in [0.5, 0.6) is 0 Å². The van der Waals surface area contributed by atoms with Crippen LogP contribution in [0.15, 0.2) is 81.0 Å². The normalized spacial score (nSPS) is 17.2. The van der Waals surface area contributed by atoms with Crippen LogP contribution in [0.3, 0.4) is 0 Å². The van der Waals surface area contributed by atoms with Gasteiger partial charge in [-0.3, -0.25) is 15.0 Å². The average Bonchev–Trinajstić information content (AvgIpc) is 3.14. The Morgan fingerprint density at radius 2 is 1.88 bits per heavy atom. The standard InChI is InChI=1S/C23H17BrClN3O2S2/c24-15-5-3-4-14(10-15)23-28(22(30)13-31-23)26-21(29)12-27-17-6-1-2-7-19(17)32-20-9-8-16(25)11-18(20)27/h1-11,23H,12-13H2,(H,26,29). The van der Waals surface area contributed by atoms with Gasteiger partial charge >= 0.3 is 0 Å². The largest absolute Gasteiger partial charge is 0.330 e. The van der Waals surface area contributed by atoms with Gasteiger partial charge in [-0.25, -0.2) is 5.01 Å². The third-order valence-corrected chi connectivity index (χ3v) is 8.21. The van der Waals surface area contributed by atoms with Crippen LogP contribution in [0.1, 0.15) is 10.9 Å². The van der Waals surface area contributed by atoms with Gasteiger partial charge in [-0.2, -0.15) is 0 Å². The summed E-state index contributed by atoms with van der Waals surface area (Å²) in [6.07, 6.45) is 0. The highest BCUT2D eigenvalue weighted by Crippen LogP contribution is 2.48. The number of hydrazine groups is 1. The molecule has 0 spiro atoms. The molecule has 0 aromatic heterocycles. The molecule has 2 aliphatic heterocycles. The van der Waals surface area contributed by atoms with Crippen LogP contribution in [0.4, 0.5) is 11.4 Å². The second-order valence-electron chi connectivity index (χ2n) is 7.29. The fourth-order valence-electron chi connectivity index (χ4n) is 3.74. The van der Waals surface area contributed by atoms with Crippen molar-refractivity contribution in [3.05, 3.63) is 81.8 Å². The molecule has 32 heavy (non-hydrogen) atoms. The van der Waals surface area contributed by atoms with E-state index in [1.54, 1.807) is 11.8 Å². The van der Waals surface area contributed by atoms with Crippen molar-refractivity contribution in [1.82, 2.24) is 10.4 Å². The molecule has 3 aromatic rings. The van der Waals surface area contributed by atoms with Gasteiger partial charge in [-0.05, 0) is 48.0 Å². The van der Waals surface area contributed by atoms with Gasteiger partial charge in [0.05, 0.1) is 17.1 Å². The summed E-state index contributed by atoms with van der Waals surface area (Å²) in [7, 11) is 0. The number of carbonyl (C=O) groups is 2. The van der Waals surface area contributed by atoms with Crippen LogP contribution in [0.2, 0.25) is 5.02 Å². The van der Waals surface area contributed by atoms with E-state index in [1.807, 2.05) is 71.6 Å². The lowest BCUT2D eigenvalue weighted by atomic mass is 10.2. The third kappa shape index (κ3) is 4.24. The third-order valence-electron chi connectivity index (χ3n) is 5.14. The molecule has 5 nitrogen and oxygen atoms in total. The van der Waals surface area contributed by atoms with Crippen LogP contribution < -0.4 is 10.3 Å². The Morgan fingerprint density at radius 1 is 1.06 bits per heavy atom. The van der Waals surface area contributed by atoms with Crippen LogP contribution in [0.25, 0.3) is 0 Å². The van der Waals surface area contributed by atoms with Gasteiger partial charge in [0.25, 0.3) is 11.8 Å². The van der Waals surface area contributed by atoms with E-state index in [1.165, 1.54) is 16.8 Å². The fourth-order valence-corrected chi connectivity index (χ4v) is 6.49. The van der Waals surface area contributed by atoms with Crippen LogP contribution in [-0.4, -0.2) is 29.1 Å². The van der Waals surface area contributed by atoms with Crippen LogP contribution in [-0.2, 0) is 9.59 Å². The number of amides is 2. The van der Waals surface area contributed by atoms with E-state index in [-0.39, 0.29) is 23.7 Å². The van der Waals surface area contributed by atoms with Crippen molar-refractivity contribution in [1.29, 1.82) is 0 Å². The Hall–Kier alpha value is -2.13. The summed E-state index contributed by atoms with van der Waals surface area (Å²) >= 11 is 12.9. The zero-order valence-electron chi connectivity index (χ0n) is 16.6. The number of hydrogen-bond acceptors (Lipinski definition) is 5. The summed E-state index contributed by atoms with van der Waals surface area (Å²) in [5.74, 6) is -0.0705. The Labute approximate surface area is 207 Å². The number of benzene rings is 3. The molecule has 1 fully saturated rings. The number of thioether (sulfide) groups is 1. The molecule has 1 atom stereocenters. The van der Waals surface area contributed by atoms with Gasteiger partial charge in [0, 0.05) is 19.3 Å². The molecule has 9 heteroatoms. The van der Waals surface area contributed by atoms with E-state index >= 15 is 0 Å². The molecule has 1 N–H and O–H groups in total. The highest BCUT2D eigenvalue weighted by Gasteiger charge is 2.35. The van der Waals surface area contributed by atoms with Gasteiger partial charge in [0.1, 0.15) is 11.9 Å². The molecule has 2 heterocycles. The zero-order chi connectivity index (χ0) is 22.2. The minimum atomic E-state index is -0.270. The van der Waals surface area contributed by atoms with Crippen LogP contribution in [0, 0.1) is 0 Å². The molecular weight excluding hydrogens is 530 g/mol. The maximum absolute atomic E-state index is 13.2. The van der Waals surface area contributed by atoms with Crippen molar-refractivity contribution in [3.63, 3.8) is 0 Å². The quantitative estimate of drug-likeness (QED) is 0.434. The Kier molecular flexibility index (Phi) is 6.11. The molecule has 0 saturated carbocycles. The minimum absolute atomic E-state index is 0.0601. The summed E-state index contributed by atoms with van der Waals surface area (Å²) in [6, 6.07) is 21.4. The van der Waals surface area contributed by atoms with E-state index in [2.05, 4.69) is 21.4 Å². The van der Waals surface area contributed by atoms with Gasteiger partial charge < -0.3 is 4.90 Å². The first kappa shape index (κ1) is 21.7. The van der Waals surface area contributed by atoms with E-state index in [9.17, 15) is 9.59 Å². The van der Waals surface area contributed by atoms with Gasteiger partial charge in [0.15, 0.2) is 0 Å². The topological polar surface area (TPSA) is 52.7 Å². The molecular formula is C23H17BrClN3O2S2. The van der Waals surface area contributed by atoms with Gasteiger partial charge in [-0.15, -0.1) is 11.8 Å². The lowest BCUT2D eigenvalue weighted by molar-refractivity contribution is -0.138. The summed E-state index contributed by atoms with van der Waals surface area (Å²) in [6.45, 7) is 0.0601. The molecule has 162 valence electrons. The van der Waals surface area contributed by atoms with E-state index < -0.39 is 0 Å². The lowest BCUT2D eigenvalue weighted by Crippen LogP contribution is -2.48. The predicted octanol–water partition coefficient (Wildman–Crippen LogP) is 6.01. The molecule has 2 amide bonds. The minimum Gasteiger partial charge on any atom is -0.330 e. The second kappa shape index (κ2) is 9.02. The summed E-state index contributed by atoms with van der Waals surface area (Å²) in [4.78, 5) is 29.8. The monoisotopic (exact) mass is 545 g/mol. The van der Waals surface area contributed by atoms with E-state index in [4.69, 9.17) is 11.6 Å². The second-order valence-corrected chi connectivity index (χ2v) is 10.8. The molecule has 2 aliphatic rings. The van der Waals surface area contributed by atoms with Gasteiger partial charge in [0.2, 0.25) is 0 Å². The highest BCUT2D eigenvalue weighted by atomic mass is 79.9. The molecule has 1 saturated heterocycles. The first-order chi connectivity index (χ1) is 15.5. The van der Waals surface area contributed by atoms with E-state index in [0.29, 0.717) is 10.8 Å². The number of para-hydroxylation sites is 1. The predicted molar refractivity (Wildman–Crippen MR) is 133 cm³/mol. The van der Waals surface area contributed by atoms with E-state index in [0.717, 1.165) is 31.2 Å². The fraction of sp³-hybridized carbons (Fsp3) is 0.130. The van der Waals surface area contributed by atoms with Crippen molar-refractivity contribution in [2.45, 2.75) is 15.2 Å². The van der Waals surface area contributed by atoms with Crippen molar-refractivity contribution < 1.29 is 9.59 Å². The summed E-state index contributed by atoms with van der Waals surface area (Å²) in [5, 5.41) is 1.78. The number of nitrogens with one attached hydrogen (secondary N) is 1. The first-order valence-electron chi connectivity index (χ1n) is 9.82. The maximum atomic E-state index is 13.2. The smallest absolute Gasteiger partial charge is 0.258 e. The molecule has 0 aliphatic carbocycles. The first-order valence-corrected chi connectivity index (χ1v) is 12.9. The van der Waals surface area contributed by atoms with Crippen molar-refractivity contribution in [2.75, 3.05) is 17.2 Å². The number of nitrogens with zero attached hydrogens (tertiary/aromatic N) is 2. The molecule has 5 rings (SSSR count). The SMILES string of the molecule is O=C(CN1c2ccccc2Sc2ccc(Cl)cc21)NN1C(=O)CSC1c1cccc(Br)c1. The number of fused-ring (bicyclic) bond motifs is 2. The molecule has 3 aromatic carbocycles. The van der Waals surface area contributed by atoms with Crippen LogP contribution >= 0.6 is 51.1 Å². The number of hydrogen-bond donors (Lipinski definition) is 1. The van der Waals surface area contributed by atoms with Crippen molar-refractivity contribution in [2.24, 2.45) is 0 Å². The Bertz CT molecular complexity index is 1230. The highest BCUT2D eigenvalue weighted by molar-refractivity contribution is 9.10. The zero-order valence-corrected chi connectivity index (χ0v) is 20.6. The summed E-state index contributed by atoms with van der Waals surface area (Å²) < 4.78 is 0.928. The molecule has 1 unspecified atom stereocenters. The molecule has 0 bridgehead atoms. The molecule has 0 radical (unpaired) electrons. The number of carbonyl (C=O) groups excluding carboxylic acids is 2. The number of rotatable bonds is 4. The lowest BCUT2D eigenvalue weighted by Gasteiger charge is -2.33. The van der Waals surface area contributed by atoms with Gasteiger partial charge in [-0.1, -0.05) is 63.6 Å². The number of anilines is 2. The van der Waals surface area contributed by atoms with Crippen molar-refractivity contribution in [3.8, 4) is 0 Å². The summed E-state index contributed by atoms with van der Waals surface area (Å²) in [5.41, 5.74) is 5.61. The average molecular weight is 547 g/mol. The Morgan fingerprint density at radius 3 is 2.72 bits per heavy atom. The maximum Gasteiger partial charge on any atom is 0.258 e. The Balaban J connectivity index is 1.40.